The van der Waals surface area contributed by atoms with Crippen molar-refractivity contribution in [2.24, 2.45) is 5.92 Å². The molecule has 0 spiro atoms. The number of hydrogen-bond acceptors (Lipinski definition) is 7. The van der Waals surface area contributed by atoms with Crippen molar-refractivity contribution >= 4 is 34.3 Å². The van der Waals surface area contributed by atoms with Gasteiger partial charge in [-0.2, -0.15) is 9.36 Å². The maximum Gasteiger partial charge on any atom is 0.240 e. The molecule has 1 fully saturated rings. The van der Waals surface area contributed by atoms with Gasteiger partial charge in [0.15, 0.2) is 0 Å². The third kappa shape index (κ3) is 5.21. The Morgan fingerprint density at radius 1 is 1.62 bits per heavy atom. The maximum atomic E-state index is 12.0. The number of carbonyl (C=O) groups excluding carboxylic acids is 1. The number of aliphatic hydroxyl groups excluding tert-OH is 1. The molecule has 0 saturated carbocycles. The summed E-state index contributed by atoms with van der Waals surface area (Å²) in [5.74, 6) is 1.19. The number of β-amino-alcohol motifs (C(OH)–C–C–N with tert-alkyl or cyclic N) is 1. The van der Waals surface area contributed by atoms with E-state index in [0.29, 0.717) is 24.1 Å². The molecule has 0 aromatic carbocycles. The highest BCUT2D eigenvalue weighted by Gasteiger charge is 2.25. The van der Waals surface area contributed by atoms with Crippen molar-refractivity contribution in [2.75, 3.05) is 30.7 Å². The molecule has 21 heavy (non-hydrogen) atoms. The van der Waals surface area contributed by atoms with Crippen LogP contribution in [0, 0.1) is 5.92 Å². The van der Waals surface area contributed by atoms with Crippen LogP contribution in [-0.4, -0.2) is 56.8 Å². The van der Waals surface area contributed by atoms with Crippen molar-refractivity contribution in [1.82, 2.24) is 14.3 Å². The van der Waals surface area contributed by atoms with E-state index < -0.39 is 0 Å². The van der Waals surface area contributed by atoms with Crippen LogP contribution in [0.3, 0.4) is 0 Å². The normalized spacial score (nSPS) is 23.2. The minimum absolute atomic E-state index is 0.0973. The van der Waals surface area contributed by atoms with E-state index in [1.807, 2.05) is 11.8 Å². The van der Waals surface area contributed by atoms with Crippen molar-refractivity contribution in [3.05, 3.63) is 0 Å². The first-order valence-electron chi connectivity index (χ1n) is 7.25. The Morgan fingerprint density at radius 2 is 2.43 bits per heavy atom. The fourth-order valence-corrected chi connectivity index (χ4v) is 3.55. The molecule has 1 aliphatic heterocycles. The van der Waals surface area contributed by atoms with Crippen LogP contribution in [0.15, 0.2) is 5.16 Å². The number of rotatable bonds is 6. The molecule has 1 amide bonds. The molecule has 6 nitrogen and oxygen atoms in total. The summed E-state index contributed by atoms with van der Waals surface area (Å²) in [4.78, 5) is 18.2. The van der Waals surface area contributed by atoms with E-state index in [0.717, 1.165) is 30.3 Å². The lowest BCUT2D eigenvalue weighted by Gasteiger charge is -2.33. The smallest absolute Gasteiger partial charge is 0.240 e. The van der Waals surface area contributed by atoms with Gasteiger partial charge in [-0.05, 0) is 25.3 Å². The first kappa shape index (κ1) is 16.7. The molecule has 0 aliphatic carbocycles. The van der Waals surface area contributed by atoms with Crippen LogP contribution in [-0.2, 0) is 4.79 Å². The molecule has 2 unspecified atom stereocenters. The molecule has 1 aromatic heterocycles. The Labute approximate surface area is 133 Å². The first-order valence-corrected chi connectivity index (χ1v) is 9.01. The fraction of sp³-hybridized carbons (Fsp3) is 0.769. The third-order valence-corrected chi connectivity index (χ3v) is 5.26. The summed E-state index contributed by atoms with van der Waals surface area (Å²) in [6, 6.07) is 0. The summed E-state index contributed by atoms with van der Waals surface area (Å²) < 4.78 is 4.20. The summed E-state index contributed by atoms with van der Waals surface area (Å²) >= 11 is 2.81. The van der Waals surface area contributed by atoms with Gasteiger partial charge in [-0.1, -0.05) is 25.6 Å². The molecule has 1 aromatic rings. The molecule has 2 N–H and O–H groups in total. The lowest BCUT2D eigenvalue weighted by molar-refractivity contribution is -0.118. The topological polar surface area (TPSA) is 78.4 Å². The van der Waals surface area contributed by atoms with Gasteiger partial charge in [0.2, 0.25) is 16.2 Å². The minimum Gasteiger partial charge on any atom is -0.392 e. The van der Waals surface area contributed by atoms with Crippen LogP contribution in [0.4, 0.5) is 5.13 Å². The Morgan fingerprint density at radius 3 is 3.14 bits per heavy atom. The minimum atomic E-state index is -0.342. The number of aromatic nitrogens is 2. The molecule has 8 heteroatoms. The summed E-state index contributed by atoms with van der Waals surface area (Å²) in [6.07, 6.45) is 1.65. The van der Waals surface area contributed by atoms with Gasteiger partial charge in [-0.25, -0.2) is 0 Å². The van der Waals surface area contributed by atoms with Crippen LogP contribution in [0.5, 0.6) is 0 Å². The van der Waals surface area contributed by atoms with Gasteiger partial charge >= 0.3 is 0 Å². The number of likely N-dealkylation sites (tertiary alicyclic amines) is 1. The van der Waals surface area contributed by atoms with Crippen LogP contribution in [0.1, 0.15) is 26.7 Å². The monoisotopic (exact) mass is 330 g/mol. The van der Waals surface area contributed by atoms with E-state index in [1.165, 1.54) is 11.5 Å². The number of nitrogens with zero attached hydrogens (tertiary/aromatic N) is 3. The zero-order valence-corrected chi connectivity index (χ0v) is 14.0. The van der Waals surface area contributed by atoms with Crippen molar-refractivity contribution < 1.29 is 9.90 Å². The Balaban J connectivity index is 1.77. The third-order valence-electron chi connectivity index (χ3n) is 3.46. The Hall–Kier alpha value is -0.700. The van der Waals surface area contributed by atoms with E-state index >= 15 is 0 Å². The number of piperidine rings is 1. The molecule has 0 bridgehead atoms. The average Bonchev–Trinajstić information content (AvgIpc) is 2.88. The van der Waals surface area contributed by atoms with Gasteiger partial charge in [0.1, 0.15) is 0 Å². The molecule has 2 heterocycles. The van der Waals surface area contributed by atoms with Crippen LogP contribution in [0.25, 0.3) is 0 Å². The van der Waals surface area contributed by atoms with Crippen LogP contribution < -0.4 is 5.32 Å². The van der Waals surface area contributed by atoms with Crippen molar-refractivity contribution in [3.8, 4) is 0 Å². The van der Waals surface area contributed by atoms with Gasteiger partial charge in [-0.15, -0.1) is 0 Å². The molecule has 0 radical (unpaired) electrons. The zero-order chi connectivity index (χ0) is 15.2. The first-order chi connectivity index (χ1) is 10.1. The van der Waals surface area contributed by atoms with E-state index in [2.05, 4.69) is 21.6 Å². The predicted octanol–water partition coefficient (Wildman–Crippen LogP) is 1.68. The number of carbonyl (C=O) groups is 1. The molecular formula is C13H22N4O2S2. The highest BCUT2D eigenvalue weighted by atomic mass is 32.2. The highest BCUT2D eigenvalue weighted by molar-refractivity contribution is 7.99. The van der Waals surface area contributed by atoms with Crippen molar-refractivity contribution in [1.29, 1.82) is 0 Å². The number of aliphatic hydroxyl groups is 1. The summed E-state index contributed by atoms with van der Waals surface area (Å²) in [6.45, 7) is 5.84. The SMILES string of the molecule is CCCSc1nsc(NC(=O)CN2CCC(C)C(O)C2)n1. The second kappa shape index (κ2) is 8.07. The number of hydrogen-bond donors (Lipinski definition) is 2. The van der Waals surface area contributed by atoms with E-state index in [1.54, 1.807) is 11.8 Å². The Kier molecular flexibility index (Phi) is 6.40. The quantitative estimate of drug-likeness (QED) is 0.773. The maximum absolute atomic E-state index is 12.0. The van der Waals surface area contributed by atoms with E-state index in [9.17, 15) is 9.90 Å². The zero-order valence-electron chi connectivity index (χ0n) is 12.4. The lowest BCUT2D eigenvalue weighted by atomic mass is 9.96. The molecule has 2 rings (SSSR count). The molecular weight excluding hydrogens is 308 g/mol. The van der Waals surface area contributed by atoms with Crippen LogP contribution in [0.2, 0.25) is 0 Å². The Bertz CT molecular complexity index is 469. The average molecular weight is 330 g/mol. The lowest BCUT2D eigenvalue weighted by Crippen LogP contribution is -2.45. The van der Waals surface area contributed by atoms with E-state index in [4.69, 9.17) is 0 Å². The number of amides is 1. The molecule has 1 saturated heterocycles. The van der Waals surface area contributed by atoms with Gasteiger partial charge in [-0.3, -0.25) is 15.0 Å². The van der Waals surface area contributed by atoms with Crippen molar-refractivity contribution in [2.45, 2.75) is 37.9 Å². The number of anilines is 1. The summed E-state index contributed by atoms with van der Waals surface area (Å²) in [5, 5.41) is 13.9. The highest BCUT2D eigenvalue weighted by Crippen LogP contribution is 2.21. The molecule has 2 atom stereocenters. The van der Waals surface area contributed by atoms with Crippen molar-refractivity contribution in [3.63, 3.8) is 0 Å². The number of thioether (sulfide) groups is 1. The second-order valence-electron chi connectivity index (χ2n) is 5.35. The van der Waals surface area contributed by atoms with Gasteiger partial charge < -0.3 is 5.11 Å². The summed E-state index contributed by atoms with van der Waals surface area (Å²) in [7, 11) is 0. The molecule has 118 valence electrons. The van der Waals surface area contributed by atoms with Gasteiger partial charge in [0.25, 0.3) is 0 Å². The second-order valence-corrected chi connectivity index (χ2v) is 7.16. The molecule has 1 aliphatic rings. The largest absolute Gasteiger partial charge is 0.392 e. The van der Waals surface area contributed by atoms with Crippen LogP contribution >= 0.6 is 23.3 Å². The van der Waals surface area contributed by atoms with Gasteiger partial charge in [0.05, 0.1) is 12.6 Å². The summed E-state index contributed by atoms with van der Waals surface area (Å²) in [5.41, 5.74) is 0. The predicted molar refractivity (Wildman–Crippen MR) is 85.8 cm³/mol. The standard InChI is InChI=1S/C13H22N4O2S2/c1-3-6-20-13-15-12(21-16-13)14-11(19)8-17-5-4-9(2)10(18)7-17/h9-10,18H,3-8H2,1-2H3,(H,14,15,16,19). The fourth-order valence-electron chi connectivity index (χ4n) is 2.13. The van der Waals surface area contributed by atoms with Gasteiger partial charge in [0, 0.05) is 23.8 Å². The number of nitrogens with one attached hydrogen (secondary N) is 1. The van der Waals surface area contributed by atoms with E-state index in [-0.39, 0.29) is 12.0 Å².